The molecule has 2 fully saturated rings. The minimum absolute atomic E-state index is 0.586. The quantitative estimate of drug-likeness (QED) is 0.383. The number of hydrogen-bond acceptors (Lipinski definition) is 2. The summed E-state index contributed by atoms with van der Waals surface area (Å²) in [5.74, 6) is 3.52. The Morgan fingerprint density at radius 1 is 1.31 bits per heavy atom. The highest BCUT2D eigenvalue weighted by molar-refractivity contribution is 7.80. The first kappa shape index (κ1) is 10.5. The maximum Gasteiger partial charge on any atom is 0.181 e. The summed E-state index contributed by atoms with van der Waals surface area (Å²) in [4.78, 5) is 0. The van der Waals surface area contributed by atoms with Crippen LogP contribution in [0.25, 0.3) is 0 Å². The van der Waals surface area contributed by atoms with E-state index in [0.29, 0.717) is 6.04 Å². The maximum absolute atomic E-state index is 5.22. The maximum atomic E-state index is 5.22. The van der Waals surface area contributed by atoms with Crippen LogP contribution >= 0.6 is 12.2 Å². The molecule has 0 aromatic rings. The molecule has 0 spiro atoms. The zero-order valence-electron chi connectivity index (χ0n) is 9.57. The number of rotatable bonds is 2. The predicted molar refractivity (Wildman–Crippen MR) is 68.7 cm³/mol. The molecule has 3 rings (SSSR count). The van der Waals surface area contributed by atoms with Crippen molar-refractivity contribution >= 4 is 17.3 Å². The average Bonchev–Trinajstić information content (AvgIpc) is 2.86. The standard InChI is InChI=1S/C12H19N3S/c1-13-15-12(16)14-11-6-7-5-10(11)9-4-2-3-8(7)9/h2,4,7-11,13H,3,5-6H2,1H3,(H2,14,15,16)/t7-,8+,9+,10+,11-/m1/s1. The lowest BCUT2D eigenvalue weighted by Crippen LogP contribution is -2.49. The minimum Gasteiger partial charge on any atom is -0.359 e. The summed E-state index contributed by atoms with van der Waals surface area (Å²) >= 11 is 5.22. The minimum atomic E-state index is 0.586. The van der Waals surface area contributed by atoms with Crippen molar-refractivity contribution in [2.75, 3.05) is 7.05 Å². The van der Waals surface area contributed by atoms with E-state index in [1.807, 2.05) is 7.05 Å². The Morgan fingerprint density at radius 2 is 2.19 bits per heavy atom. The van der Waals surface area contributed by atoms with Gasteiger partial charge in [0.1, 0.15) is 0 Å². The SMILES string of the molecule is CNNC(=S)N[C@@H]1C[C@H]2C[C@H]1[C@H]1C=CC[C@@H]21. The van der Waals surface area contributed by atoms with Crippen molar-refractivity contribution in [3.63, 3.8) is 0 Å². The molecule has 0 heterocycles. The highest BCUT2D eigenvalue weighted by atomic mass is 32.1. The molecular weight excluding hydrogens is 218 g/mol. The van der Waals surface area contributed by atoms with Gasteiger partial charge in [-0.15, -0.1) is 0 Å². The summed E-state index contributed by atoms with van der Waals surface area (Å²) < 4.78 is 0. The molecule has 0 amide bonds. The monoisotopic (exact) mass is 237 g/mol. The van der Waals surface area contributed by atoms with Crippen molar-refractivity contribution < 1.29 is 0 Å². The van der Waals surface area contributed by atoms with E-state index in [2.05, 4.69) is 28.3 Å². The van der Waals surface area contributed by atoms with E-state index in [1.165, 1.54) is 19.3 Å². The Labute approximate surface area is 102 Å². The molecule has 3 aliphatic carbocycles. The van der Waals surface area contributed by atoms with Gasteiger partial charge < -0.3 is 5.32 Å². The number of hydrogen-bond donors (Lipinski definition) is 3. The van der Waals surface area contributed by atoms with Gasteiger partial charge in [-0.3, -0.25) is 5.43 Å². The first-order chi connectivity index (χ1) is 7.79. The lowest BCUT2D eigenvalue weighted by Gasteiger charge is -2.32. The second-order valence-electron chi connectivity index (χ2n) is 5.26. The summed E-state index contributed by atoms with van der Waals surface area (Å²) in [6.45, 7) is 0. The Bertz CT molecular complexity index is 328. The Kier molecular flexibility index (Phi) is 2.64. The number of allylic oxidation sites excluding steroid dienone is 2. The summed E-state index contributed by atoms with van der Waals surface area (Å²) in [7, 11) is 1.84. The van der Waals surface area contributed by atoms with Crippen molar-refractivity contribution in [2.45, 2.75) is 25.3 Å². The molecule has 3 nitrogen and oxygen atoms in total. The van der Waals surface area contributed by atoms with Gasteiger partial charge in [0.2, 0.25) is 0 Å². The first-order valence-electron chi connectivity index (χ1n) is 6.19. The molecule has 0 saturated heterocycles. The summed E-state index contributed by atoms with van der Waals surface area (Å²) in [5.41, 5.74) is 5.81. The third-order valence-electron chi connectivity index (χ3n) is 4.56. The molecule has 2 saturated carbocycles. The van der Waals surface area contributed by atoms with Crippen molar-refractivity contribution in [1.29, 1.82) is 0 Å². The van der Waals surface area contributed by atoms with E-state index in [9.17, 15) is 0 Å². The largest absolute Gasteiger partial charge is 0.359 e. The van der Waals surface area contributed by atoms with Crippen LogP contribution in [-0.4, -0.2) is 18.2 Å². The Morgan fingerprint density at radius 3 is 3.00 bits per heavy atom. The van der Waals surface area contributed by atoms with Crippen LogP contribution in [0.3, 0.4) is 0 Å². The molecule has 16 heavy (non-hydrogen) atoms. The van der Waals surface area contributed by atoms with Crippen molar-refractivity contribution in [3.05, 3.63) is 12.2 Å². The van der Waals surface area contributed by atoms with Gasteiger partial charge in [0.05, 0.1) is 0 Å². The van der Waals surface area contributed by atoms with Gasteiger partial charge in [-0.25, -0.2) is 5.43 Å². The number of thiocarbonyl (C=S) groups is 1. The fourth-order valence-electron chi connectivity index (χ4n) is 4.03. The molecule has 0 aromatic carbocycles. The van der Waals surface area contributed by atoms with Gasteiger partial charge in [0.15, 0.2) is 5.11 Å². The van der Waals surface area contributed by atoms with Crippen LogP contribution in [0.1, 0.15) is 19.3 Å². The third-order valence-corrected chi connectivity index (χ3v) is 4.78. The van der Waals surface area contributed by atoms with Gasteiger partial charge in [0, 0.05) is 13.1 Å². The number of nitrogens with one attached hydrogen (secondary N) is 3. The van der Waals surface area contributed by atoms with Crippen LogP contribution in [0.15, 0.2) is 12.2 Å². The van der Waals surface area contributed by atoms with E-state index in [1.54, 1.807) is 0 Å². The normalized spacial score (nSPS) is 43.4. The average molecular weight is 237 g/mol. The van der Waals surface area contributed by atoms with Crippen molar-refractivity contribution in [3.8, 4) is 0 Å². The highest BCUT2D eigenvalue weighted by Crippen LogP contribution is 2.56. The molecule has 4 heteroatoms. The predicted octanol–water partition coefficient (Wildman–Crippen LogP) is 1.19. The second-order valence-corrected chi connectivity index (χ2v) is 5.66. The van der Waals surface area contributed by atoms with Crippen LogP contribution in [0.5, 0.6) is 0 Å². The topological polar surface area (TPSA) is 36.1 Å². The van der Waals surface area contributed by atoms with Gasteiger partial charge >= 0.3 is 0 Å². The van der Waals surface area contributed by atoms with E-state index in [0.717, 1.165) is 28.8 Å². The Balaban J connectivity index is 1.63. The zero-order chi connectivity index (χ0) is 11.1. The van der Waals surface area contributed by atoms with Gasteiger partial charge in [-0.05, 0) is 55.2 Å². The highest BCUT2D eigenvalue weighted by Gasteiger charge is 2.52. The fourth-order valence-corrected chi connectivity index (χ4v) is 4.28. The third kappa shape index (κ3) is 1.55. The smallest absolute Gasteiger partial charge is 0.181 e. The van der Waals surface area contributed by atoms with E-state index in [-0.39, 0.29) is 0 Å². The van der Waals surface area contributed by atoms with Crippen molar-refractivity contribution in [1.82, 2.24) is 16.2 Å². The first-order valence-corrected chi connectivity index (χ1v) is 6.60. The number of hydrazine groups is 1. The van der Waals surface area contributed by atoms with E-state index >= 15 is 0 Å². The lowest BCUT2D eigenvalue weighted by atomic mass is 9.79. The van der Waals surface area contributed by atoms with E-state index < -0.39 is 0 Å². The molecule has 2 bridgehead atoms. The molecule has 0 unspecified atom stereocenters. The van der Waals surface area contributed by atoms with Crippen molar-refractivity contribution in [2.24, 2.45) is 23.7 Å². The van der Waals surface area contributed by atoms with Crippen LogP contribution in [-0.2, 0) is 0 Å². The van der Waals surface area contributed by atoms with Crippen LogP contribution in [0, 0.1) is 23.7 Å². The van der Waals surface area contributed by atoms with Gasteiger partial charge in [0.25, 0.3) is 0 Å². The molecule has 0 aromatic heterocycles. The van der Waals surface area contributed by atoms with Crippen LogP contribution in [0.2, 0.25) is 0 Å². The van der Waals surface area contributed by atoms with Crippen LogP contribution in [0.4, 0.5) is 0 Å². The van der Waals surface area contributed by atoms with E-state index in [4.69, 9.17) is 12.2 Å². The molecule has 3 aliphatic rings. The lowest BCUT2D eigenvalue weighted by molar-refractivity contribution is 0.245. The van der Waals surface area contributed by atoms with Crippen LogP contribution < -0.4 is 16.2 Å². The molecular formula is C12H19N3S. The second kappa shape index (κ2) is 4.00. The Hall–Kier alpha value is -0.610. The summed E-state index contributed by atoms with van der Waals surface area (Å²) in [6.07, 6.45) is 8.84. The fraction of sp³-hybridized carbons (Fsp3) is 0.750. The molecule has 88 valence electrons. The molecule has 5 atom stereocenters. The molecule has 0 radical (unpaired) electrons. The molecule has 0 aliphatic heterocycles. The molecule has 3 N–H and O–H groups in total. The zero-order valence-corrected chi connectivity index (χ0v) is 10.4. The number of fused-ring (bicyclic) bond motifs is 5. The van der Waals surface area contributed by atoms with Gasteiger partial charge in [-0.2, -0.15) is 0 Å². The summed E-state index contributed by atoms with van der Waals surface area (Å²) in [6, 6.07) is 0.586. The van der Waals surface area contributed by atoms with Gasteiger partial charge in [-0.1, -0.05) is 12.2 Å². The summed E-state index contributed by atoms with van der Waals surface area (Å²) in [5, 5.41) is 4.18.